The van der Waals surface area contributed by atoms with Gasteiger partial charge in [-0.05, 0) is 29.8 Å². The molecule has 0 atom stereocenters. The van der Waals surface area contributed by atoms with Gasteiger partial charge in [-0.1, -0.05) is 26.0 Å². The number of nitrogens with zero attached hydrogens (tertiary/aromatic N) is 1. The highest BCUT2D eigenvalue weighted by Crippen LogP contribution is 2.21. The molecule has 0 radical (unpaired) electrons. The van der Waals surface area contributed by atoms with Gasteiger partial charge in [0.1, 0.15) is 0 Å². The van der Waals surface area contributed by atoms with E-state index >= 15 is 0 Å². The Balaban J connectivity index is 2.11. The predicted molar refractivity (Wildman–Crippen MR) is 79.0 cm³/mol. The fourth-order valence-electron chi connectivity index (χ4n) is 1.82. The average Bonchev–Trinajstić information content (AvgIpc) is 2.88. The number of carbonyl (C=O) groups excluding carboxylic acids is 1. The highest BCUT2D eigenvalue weighted by molar-refractivity contribution is 5.92. The minimum Gasteiger partial charge on any atom is -0.358 e. The molecule has 1 heterocycles. The van der Waals surface area contributed by atoms with Crippen molar-refractivity contribution in [2.24, 2.45) is 5.92 Å². The smallest absolute Gasteiger partial charge is 0.226 e. The zero-order valence-corrected chi connectivity index (χ0v) is 11.6. The van der Waals surface area contributed by atoms with Crippen LogP contribution in [0.1, 0.15) is 19.5 Å². The number of hydrogen-bond donors (Lipinski definition) is 2. The van der Waals surface area contributed by atoms with E-state index in [1.54, 1.807) is 0 Å². The molecule has 2 N–H and O–H groups in total. The lowest BCUT2D eigenvalue weighted by Gasteiger charge is -2.08. The first-order valence-corrected chi connectivity index (χ1v) is 6.56. The van der Waals surface area contributed by atoms with Crippen molar-refractivity contribution in [1.29, 1.82) is 5.26 Å². The van der Waals surface area contributed by atoms with Crippen molar-refractivity contribution in [3.8, 4) is 17.3 Å². The molecule has 0 aliphatic heterocycles. The summed E-state index contributed by atoms with van der Waals surface area (Å²) in [6, 6.07) is 13.6. The van der Waals surface area contributed by atoms with Gasteiger partial charge in [0, 0.05) is 23.0 Å². The molecule has 0 unspecified atom stereocenters. The van der Waals surface area contributed by atoms with Gasteiger partial charge in [0.05, 0.1) is 12.5 Å². The van der Waals surface area contributed by atoms with Crippen molar-refractivity contribution in [2.45, 2.75) is 20.3 Å². The largest absolute Gasteiger partial charge is 0.358 e. The lowest BCUT2D eigenvalue weighted by Crippen LogP contribution is -2.17. The minimum absolute atomic E-state index is 0.00827. The Bertz CT molecular complexity index is 632. The Morgan fingerprint density at radius 2 is 1.95 bits per heavy atom. The highest BCUT2D eigenvalue weighted by atomic mass is 16.1. The number of aromatic amines is 1. The number of benzene rings is 1. The first-order chi connectivity index (χ1) is 9.60. The summed E-state index contributed by atoms with van der Waals surface area (Å²) < 4.78 is 0. The quantitative estimate of drug-likeness (QED) is 0.892. The van der Waals surface area contributed by atoms with Crippen molar-refractivity contribution in [1.82, 2.24) is 4.98 Å². The lowest BCUT2D eigenvalue weighted by molar-refractivity contribution is -0.118. The molecule has 0 fully saturated rings. The minimum atomic E-state index is -0.0355. The molecule has 0 aliphatic carbocycles. The van der Waals surface area contributed by atoms with Gasteiger partial charge >= 0.3 is 0 Å². The number of rotatable bonds is 4. The first kappa shape index (κ1) is 13.9. The summed E-state index contributed by atoms with van der Waals surface area (Å²) in [6.07, 6.45) is 0.378. The van der Waals surface area contributed by atoms with E-state index in [-0.39, 0.29) is 11.8 Å². The van der Waals surface area contributed by atoms with E-state index in [0.717, 1.165) is 22.6 Å². The molecule has 0 spiro atoms. The number of anilines is 1. The summed E-state index contributed by atoms with van der Waals surface area (Å²) >= 11 is 0. The van der Waals surface area contributed by atoms with E-state index in [0.29, 0.717) is 6.42 Å². The van der Waals surface area contributed by atoms with Crippen LogP contribution in [0, 0.1) is 17.2 Å². The fourth-order valence-corrected chi connectivity index (χ4v) is 1.82. The third-order valence-electron chi connectivity index (χ3n) is 3.00. The summed E-state index contributed by atoms with van der Waals surface area (Å²) in [6.45, 7) is 3.72. The molecule has 2 rings (SSSR count). The maximum atomic E-state index is 11.6. The Morgan fingerprint density at radius 3 is 2.55 bits per heavy atom. The lowest BCUT2D eigenvalue weighted by atomic mass is 10.1. The topological polar surface area (TPSA) is 68.7 Å². The predicted octanol–water partition coefficient (Wildman–Crippen LogP) is 3.34. The second kappa shape index (κ2) is 6.07. The molecular formula is C16H17N3O. The van der Waals surface area contributed by atoms with Crippen LogP contribution in [0.25, 0.3) is 11.3 Å². The molecule has 4 heteroatoms. The van der Waals surface area contributed by atoms with Crippen LogP contribution in [0.2, 0.25) is 0 Å². The Hall–Kier alpha value is -2.54. The number of nitriles is 1. The van der Waals surface area contributed by atoms with E-state index in [1.165, 1.54) is 0 Å². The summed E-state index contributed by atoms with van der Waals surface area (Å²) in [5.74, 6) is -0.0273. The molecule has 0 saturated heterocycles. The zero-order valence-electron chi connectivity index (χ0n) is 11.6. The van der Waals surface area contributed by atoms with E-state index in [2.05, 4.69) is 16.4 Å². The van der Waals surface area contributed by atoms with Crippen molar-refractivity contribution in [3.05, 3.63) is 42.1 Å². The summed E-state index contributed by atoms with van der Waals surface area (Å²) in [4.78, 5) is 14.8. The first-order valence-electron chi connectivity index (χ1n) is 6.56. The number of nitrogens with one attached hydrogen (secondary N) is 2. The third kappa shape index (κ3) is 3.27. The molecule has 0 saturated carbocycles. The second-order valence-electron chi connectivity index (χ2n) is 4.95. The maximum Gasteiger partial charge on any atom is 0.226 e. The van der Waals surface area contributed by atoms with Crippen LogP contribution >= 0.6 is 0 Å². The van der Waals surface area contributed by atoms with Gasteiger partial charge in [0.2, 0.25) is 5.91 Å². The molecule has 2 aromatic rings. The van der Waals surface area contributed by atoms with Crippen LogP contribution in [-0.2, 0) is 11.2 Å². The van der Waals surface area contributed by atoms with E-state index in [1.807, 2.05) is 50.2 Å². The van der Waals surface area contributed by atoms with Crippen LogP contribution in [-0.4, -0.2) is 10.9 Å². The monoisotopic (exact) mass is 267 g/mol. The van der Waals surface area contributed by atoms with Crippen molar-refractivity contribution < 1.29 is 4.79 Å². The number of H-pyrrole nitrogens is 1. The maximum absolute atomic E-state index is 11.6. The van der Waals surface area contributed by atoms with Gasteiger partial charge in [-0.15, -0.1) is 0 Å². The molecule has 1 aromatic carbocycles. The fraction of sp³-hybridized carbons (Fsp3) is 0.250. The van der Waals surface area contributed by atoms with Crippen molar-refractivity contribution in [3.63, 3.8) is 0 Å². The molecule has 102 valence electrons. The van der Waals surface area contributed by atoms with Gasteiger partial charge in [-0.2, -0.15) is 5.26 Å². The molecular weight excluding hydrogens is 250 g/mol. The van der Waals surface area contributed by atoms with Crippen LogP contribution in [0.3, 0.4) is 0 Å². The molecule has 1 amide bonds. The van der Waals surface area contributed by atoms with Crippen LogP contribution in [0.15, 0.2) is 36.4 Å². The van der Waals surface area contributed by atoms with Gasteiger partial charge in [0.25, 0.3) is 0 Å². The Morgan fingerprint density at radius 1 is 1.25 bits per heavy atom. The SMILES string of the molecule is CC(C)C(=O)Nc1ccc(-c2ccc(CC#N)[nH]2)cc1. The van der Waals surface area contributed by atoms with Crippen LogP contribution < -0.4 is 5.32 Å². The van der Waals surface area contributed by atoms with Crippen molar-refractivity contribution >= 4 is 11.6 Å². The molecule has 0 bridgehead atoms. The number of hydrogen-bond acceptors (Lipinski definition) is 2. The van der Waals surface area contributed by atoms with E-state index in [9.17, 15) is 4.79 Å². The molecule has 4 nitrogen and oxygen atoms in total. The normalized spacial score (nSPS) is 10.3. The third-order valence-corrected chi connectivity index (χ3v) is 3.00. The summed E-state index contributed by atoms with van der Waals surface area (Å²) in [5.41, 5.74) is 3.68. The zero-order chi connectivity index (χ0) is 14.5. The Labute approximate surface area is 118 Å². The van der Waals surface area contributed by atoms with Crippen LogP contribution in [0.5, 0.6) is 0 Å². The Kier molecular flexibility index (Phi) is 4.21. The van der Waals surface area contributed by atoms with Gasteiger partial charge in [0.15, 0.2) is 0 Å². The summed E-state index contributed by atoms with van der Waals surface area (Å²) in [5, 5.41) is 11.5. The van der Waals surface area contributed by atoms with Gasteiger partial charge in [-0.25, -0.2) is 0 Å². The number of amides is 1. The van der Waals surface area contributed by atoms with Crippen LogP contribution in [0.4, 0.5) is 5.69 Å². The number of carbonyl (C=O) groups is 1. The standard InChI is InChI=1S/C16H17N3O/c1-11(2)16(20)19-13-5-3-12(4-6-13)15-8-7-14(18-15)9-10-17/h3-8,11,18H,9H2,1-2H3,(H,19,20). The van der Waals surface area contributed by atoms with Gasteiger partial charge < -0.3 is 10.3 Å². The highest BCUT2D eigenvalue weighted by Gasteiger charge is 2.07. The average molecular weight is 267 g/mol. The summed E-state index contributed by atoms with van der Waals surface area (Å²) in [7, 11) is 0. The number of aromatic nitrogens is 1. The van der Waals surface area contributed by atoms with Crippen molar-refractivity contribution in [2.75, 3.05) is 5.32 Å². The molecule has 20 heavy (non-hydrogen) atoms. The molecule has 0 aliphatic rings. The second-order valence-corrected chi connectivity index (χ2v) is 4.95. The van der Waals surface area contributed by atoms with E-state index in [4.69, 9.17) is 5.26 Å². The van der Waals surface area contributed by atoms with Gasteiger partial charge in [-0.3, -0.25) is 4.79 Å². The van der Waals surface area contributed by atoms with E-state index < -0.39 is 0 Å². The molecule has 1 aromatic heterocycles.